The van der Waals surface area contributed by atoms with Gasteiger partial charge in [-0.3, -0.25) is 4.79 Å². The number of rotatable bonds is 5. The number of aliphatic carboxylic acids is 1. The van der Waals surface area contributed by atoms with Gasteiger partial charge >= 0.3 is 12.0 Å². The van der Waals surface area contributed by atoms with Gasteiger partial charge in [0.05, 0.1) is 12.5 Å². The van der Waals surface area contributed by atoms with Gasteiger partial charge in [0.15, 0.2) is 11.6 Å². The molecule has 0 aliphatic heterocycles. The third kappa shape index (κ3) is 3.24. The predicted molar refractivity (Wildman–Crippen MR) is 73.9 cm³/mol. The minimum atomic E-state index is -0.891. The first-order valence-corrected chi connectivity index (χ1v) is 6.59. The van der Waals surface area contributed by atoms with E-state index in [9.17, 15) is 14.0 Å². The van der Waals surface area contributed by atoms with Crippen LogP contribution in [0.4, 0.5) is 14.9 Å². The van der Waals surface area contributed by atoms with E-state index in [0.717, 1.165) is 6.42 Å². The summed E-state index contributed by atoms with van der Waals surface area (Å²) in [6.45, 7) is 0.0759. The minimum Gasteiger partial charge on any atom is -0.494 e. The number of carbonyl (C=O) groups is 2. The maximum absolute atomic E-state index is 13.2. The topological polar surface area (TPSA) is 87.7 Å². The molecule has 2 rings (SSSR count). The summed E-state index contributed by atoms with van der Waals surface area (Å²) < 4.78 is 18.1. The smallest absolute Gasteiger partial charge is 0.319 e. The second-order valence-electron chi connectivity index (χ2n) is 5.10. The molecule has 0 atom stereocenters. The van der Waals surface area contributed by atoms with Crippen LogP contribution in [-0.2, 0) is 4.79 Å². The quantitative estimate of drug-likeness (QED) is 0.777. The van der Waals surface area contributed by atoms with Gasteiger partial charge in [-0.25, -0.2) is 9.18 Å². The molecule has 6 nitrogen and oxygen atoms in total. The van der Waals surface area contributed by atoms with Gasteiger partial charge < -0.3 is 20.5 Å². The van der Waals surface area contributed by atoms with Crippen molar-refractivity contribution in [1.82, 2.24) is 5.32 Å². The van der Waals surface area contributed by atoms with Crippen molar-refractivity contribution < 1.29 is 23.8 Å². The number of nitrogens with one attached hydrogen (secondary N) is 2. The third-order valence-electron chi connectivity index (χ3n) is 3.76. The molecule has 114 valence electrons. The number of halogens is 1. The van der Waals surface area contributed by atoms with E-state index in [2.05, 4.69) is 10.6 Å². The Morgan fingerprint density at radius 3 is 2.67 bits per heavy atom. The Morgan fingerprint density at radius 2 is 2.14 bits per heavy atom. The van der Waals surface area contributed by atoms with Crippen LogP contribution < -0.4 is 15.4 Å². The predicted octanol–water partition coefficient (Wildman–Crippen LogP) is 2.21. The summed E-state index contributed by atoms with van der Waals surface area (Å²) in [5.41, 5.74) is -0.485. The normalized spacial score (nSPS) is 15.7. The fourth-order valence-electron chi connectivity index (χ4n) is 2.23. The van der Waals surface area contributed by atoms with Gasteiger partial charge in [-0.1, -0.05) is 6.42 Å². The van der Waals surface area contributed by atoms with E-state index in [0.29, 0.717) is 18.5 Å². The number of carbonyl (C=O) groups excluding carboxylic acids is 1. The molecule has 1 aromatic carbocycles. The second kappa shape index (κ2) is 5.99. The first-order chi connectivity index (χ1) is 9.97. The first kappa shape index (κ1) is 15.1. The van der Waals surface area contributed by atoms with Crippen LogP contribution in [0.3, 0.4) is 0 Å². The highest BCUT2D eigenvalue weighted by molar-refractivity contribution is 5.90. The van der Waals surface area contributed by atoms with Gasteiger partial charge in [0.1, 0.15) is 0 Å². The maximum atomic E-state index is 13.2. The summed E-state index contributed by atoms with van der Waals surface area (Å²) in [5, 5.41) is 14.2. The van der Waals surface area contributed by atoms with E-state index < -0.39 is 23.2 Å². The van der Waals surface area contributed by atoms with Gasteiger partial charge in [-0.15, -0.1) is 0 Å². The maximum Gasteiger partial charge on any atom is 0.319 e. The van der Waals surface area contributed by atoms with Crippen LogP contribution in [0.15, 0.2) is 18.2 Å². The summed E-state index contributed by atoms with van der Waals surface area (Å²) in [5.74, 6) is -1.39. The van der Waals surface area contributed by atoms with Gasteiger partial charge in [0.25, 0.3) is 0 Å². The number of urea groups is 1. The van der Waals surface area contributed by atoms with E-state index in [4.69, 9.17) is 9.84 Å². The zero-order valence-electron chi connectivity index (χ0n) is 11.6. The number of benzene rings is 1. The van der Waals surface area contributed by atoms with Crippen molar-refractivity contribution in [2.24, 2.45) is 5.41 Å². The molecule has 1 saturated carbocycles. The van der Waals surface area contributed by atoms with Crippen LogP contribution >= 0.6 is 0 Å². The molecule has 21 heavy (non-hydrogen) atoms. The molecule has 0 spiro atoms. The van der Waals surface area contributed by atoms with Gasteiger partial charge in [0.2, 0.25) is 0 Å². The first-order valence-electron chi connectivity index (χ1n) is 6.59. The van der Waals surface area contributed by atoms with Gasteiger partial charge in [0, 0.05) is 18.3 Å². The number of ether oxygens (including phenoxy) is 1. The molecule has 0 bridgehead atoms. The molecule has 0 radical (unpaired) electrons. The average Bonchev–Trinajstić information content (AvgIpc) is 2.39. The van der Waals surface area contributed by atoms with Crippen LogP contribution in [-0.4, -0.2) is 30.8 Å². The number of carboxylic acid groups (broad SMARTS) is 1. The lowest BCUT2D eigenvalue weighted by molar-refractivity contribution is -0.153. The van der Waals surface area contributed by atoms with Crippen LogP contribution in [0.2, 0.25) is 0 Å². The summed E-state index contributed by atoms with van der Waals surface area (Å²) in [6.07, 6.45) is 1.98. The van der Waals surface area contributed by atoms with Crippen molar-refractivity contribution in [2.75, 3.05) is 19.0 Å². The average molecular weight is 296 g/mol. The van der Waals surface area contributed by atoms with E-state index in [1.807, 2.05) is 0 Å². The third-order valence-corrected chi connectivity index (χ3v) is 3.76. The van der Waals surface area contributed by atoms with Crippen LogP contribution in [0, 0.1) is 11.2 Å². The molecule has 0 saturated heterocycles. The van der Waals surface area contributed by atoms with Crippen LogP contribution in [0.1, 0.15) is 19.3 Å². The molecule has 0 heterocycles. The Morgan fingerprint density at radius 1 is 1.43 bits per heavy atom. The van der Waals surface area contributed by atoms with Crippen LogP contribution in [0.5, 0.6) is 5.75 Å². The number of anilines is 1. The molecule has 3 N–H and O–H groups in total. The van der Waals surface area contributed by atoms with Gasteiger partial charge in [-0.05, 0) is 25.0 Å². The second-order valence-corrected chi connectivity index (χ2v) is 5.10. The Balaban J connectivity index is 1.91. The highest BCUT2D eigenvalue weighted by Crippen LogP contribution is 2.40. The summed E-state index contributed by atoms with van der Waals surface area (Å²) in [6, 6.07) is 3.40. The number of methoxy groups -OCH3 is 1. The minimum absolute atomic E-state index is 0.0220. The molecule has 1 aliphatic carbocycles. The van der Waals surface area contributed by atoms with Crippen molar-refractivity contribution in [3.05, 3.63) is 24.0 Å². The molecular weight excluding hydrogens is 279 g/mol. The Bertz CT molecular complexity index is 558. The largest absolute Gasteiger partial charge is 0.494 e. The number of carboxylic acids is 1. The number of amides is 2. The Kier molecular flexibility index (Phi) is 4.30. The SMILES string of the molecule is COc1cc(NC(=O)NCC2(C(=O)O)CCC2)ccc1F. The molecule has 0 aromatic heterocycles. The molecule has 1 aliphatic rings. The zero-order valence-corrected chi connectivity index (χ0v) is 11.6. The number of hydrogen-bond donors (Lipinski definition) is 3. The lowest BCUT2D eigenvalue weighted by atomic mass is 9.69. The lowest BCUT2D eigenvalue weighted by Crippen LogP contribution is -2.48. The fraction of sp³-hybridized carbons (Fsp3) is 0.429. The van der Waals surface area contributed by atoms with Crippen molar-refractivity contribution >= 4 is 17.7 Å². The summed E-state index contributed by atoms with van der Waals surface area (Å²) >= 11 is 0. The summed E-state index contributed by atoms with van der Waals surface area (Å²) in [4.78, 5) is 22.9. The lowest BCUT2D eigenvalue weighted by Gasteiger charge is -2.37. The molecule has 2 amide bonds. The number of hydrogen-bond acceptors (Lipinski definition) is 3. The molecule has 1 fully saturated rings. The van der Waals surface area contributed by atoms with E-state index in [1.54, 1.807) is 0 Å². The van der Waals surface area contributed by atoms with Crippen LogP contribution in [0.25, 0.3) is 0 Å². The van der Waals surface area contributed by atoms with Crippen molar-refractivity contribution in [1.29, 1.82) is 0 Å². The highest BCUT2D eigenvalue weighted by atomic mass is 19.1. The molecule has 7 heteroatoms. The Hall–Kier alpha value is -2.31. The van der Waals surface area contributed by atoms with Gasteiger partial charge in [-0.2, -0.15) is 0 Å². The Labute approximate surface area is 121 Å². The highest BCUT2D eigenvalue weighted by Gasteiger charge is 2.44. The molecule has 1 aromatic rings. The standard InChI is InChI=1S/C14H17FN2O4/c1-21-11-7-9(3-4-10(11)15)17-13(20)16-8-14(12(18)19)5-2-6-14/h3-4,7H,2,5-6,8H2,1H3,(H,18,19)(H2,16,17,20). The molecule has 0 unspecified atom stereocenters. The zero-order chi connectivity index (χ0) is 15.5. The van der Waals surface area contributed by atoms with Crippen molar-refractivity contribution in [3.8, 4) is 5.75 Å². The van der Waals surface area contributed by atoms with Crippen molar-refractivity contribution in [2.45, 2.75) is 19.3 Å². The summed E-state index contributed by atoms with van der Waals surface area (Å²) in [7, 11) is 1.33. The van der Waals surface area contributed by atoms with E-state index in [-0.39, 0.29) is 12.3 Å². The fourth-order valence-corrected chi connectivity index (χ4v) is 2.23. The van der Waals surface area contributed by atoms with E-state index in [1.165, 1.54) is 25.3 Å². The van der Waals surface area contributed by atoms with E-state index >= 15 is 0 Å². The monoisotopic (exact) mass is 296 g/mol. The molecular formula is C14H17FN2O4. The van der Waals surface area contributed by atoms with Crippen molar-refractivity contribution in [3.63, 3.8) is 0 Å².